The molecule has 0 radical (unpaired) electrons. The van der Waals surface area contributed by atoms with Crippen LogP contribution in [0.15, 0.2) is 101 Å². The fourth-order valence-electron chi connectivity index (χ4n) is 6.08. The van der Waals surface area contributed by atoms with E-state index in [0.29, 0.717) is 0 Å². The minimum atomic E-state index is -0.339. The summed E-state index contributed by atoms with van der Waals surface area (Å²) in [6.45, 7) is 1.46. The fourth-order valence-corrected chi connectivity index (χ4v) is 6.08. The molecule has 218 valence electrons. The molecule has 7 rings (SSSR count). The predicted molar refractivity (Wildman–Crippen MR) is 166 cm³/mol. The normalized spacial score (nSPS) is 19.3. The topological polar surface area (TPSA) is 110 Å². The van der Waals surface area contributed by atoms with Crippen molar-refractivity contribution in [3.8, 4) is 0 Å². The lowest BCUT2D eigenvalue weighted by Crippen LogP contribution is -2.34. The van der Waals surface area contributed by atoms with Gasteiger partial charge in [0.25, 0.3) is 0 Å². The summed E-state index contributed by atoms with van der Waals surface area (Å²) < 4.78 is 6.19. The Kier molecular flexibility index (Phi) is 7.61. The van der Waals surface area contributed by atoms with Crippen LogP contribution in [-0.4, -0.2) is 34.9 Å². The molecule has 0 saturated carbocycles. The second kappa shape index (κ2) is 12.0. The third-order valence-electron chi connectivity index (χ3n) is 8.23. The molecule has 2 atom stereocenters. The zero-order chi connectivity index (χ0) is 29.2. The van der Waals surface area contributed by atoms with E-state index in [-0.39, 0.29) is 23.9 Å². The first kappa shape index (κ1) is 27.3. The van der Waals surface area contributed by atoms with Gasteiger partial charge in [-0.3, -0.25) is 10.8 Å². The molecule has 2 unspecified atom stereocenters. The van der Waals surface area contributed by atoms with Crippen LogP contribution >= 0.6 is 0 Å². The standard InChI is InChI=1S/C34H34N6O3/c35-33-31(39(37-42-33)19-7-13-23-9-3-1-4-10-23)25-15-17-29-27(21-25)28-22-26(16-18-30(28)41-29)32-34(36)43-38-40(32)20-8-14-24-11-5-2-6-12-24/h1-6,9-12,15-18,21-22,31-32,35-38H,7-8,13-14,19-20H2. The summed E-state index contributed by atoms with van der Waals surface area (Å²) in [7, 11) is 0. The van der Waals surface area contributed by atoms with Gasteiger partial charge in [-0.15, -0.1) is 0 Å². The SMILES string of the molecule is N=C1ONN(CCCc2ccccc2)C1c1ccc2oc3ccc(C4C(=N)ONN4CCCc4ccccc4)cc3c2c1. The number of rotatable bonds is 10. The van der Waals surface area contributed by atoms with Crippen LogP contribution in [0.1, 0.15) is 47.2 Å². The Bertz CT molecular complexity index is 1630. The molecule has 0 spiro atoms. The van der Waals surface area contributed by atoms with Crippen molar-refractivity contribution in [2.24, 2.45) is 0 Å². The van der Waals surface area contributed by atoms with Crippen LogP contribution in [0.3, 0.4) is 0 Å². The third-order valence-corrected chi connectivity index (χ3v) is 8.23. The van der Waals surface area contributed by atoms with Gasteiger partial charge in [-0.25, -0.2) is 0 Å². The number of benzene rings is 4. The Morgan fingerprint density at radius 2 is 1.02 bits per heavy atom. The molecule has 4 aromatic carbocycles. The van der Waals surface area contributed by atoms with Crippen molar-refractivity contribution in [1.29, 1.82) is 10.8 Å². The average Bonchev–Trinajstić information content (AvgIpc) is 3.71. The zero-order valence-corrected chi connectivity index (χ0v) is 23.8. The van der Waals surface area contributed by atoms with E-state index >= 15 is 0 Å². The van der Waals surface area contributed by atoms with Gasteiger partial charge in [0.2, 0.25) is 11.8 Å². The molecule has 0 bridgehead atoms. The molecular weight excluding hydrogens is 540 g/mol. The maximum Gasteiger partial charge on any atom is 0.231 e. The largest absolute Gasteiger partial charge is 0.456 e. The molecule has 4 N–H and O–H groups in total. The monoisotopic (exact) mass is 574 g/mol. The van der Waals surface area contributed by atoms with Gasteiger partial charge in [-0.2, -0.15) is 10.0 Å². The van der Waals surface area contributed by atoms with Crippen LogP contribution in [0.5, 0.6) is 0 Å². The summed E-state index contributed by atoms with van der Waals surface area (Å²) in [6.07, 6.45) is 3.75. The molecule has 9 heteroatoms. The van der Waals surface area contributed by atoms with E-state index in [9.17, 15) is 0 Å². The molecule has 3 heterocycles. The van der Waals surface area contributed by atoms with Crippen LogP contribution in [-0.2, 0) is 22.5 Å². The van der Waals surface area contributed by atoms with Gasteiger partial charge in [0.05, 0.1) is 0 Å². The van der Waals surface area contributed by atoms with Gasteiger partial charge in [0.15, 0.2) is 0 Å². The van der Waals surface area contributed by atoms with Gasteiger partial charge in [0.1, 0.15) is 23.2 Å². The number of hydrazine groups is 2. The molecule has 0 amide bonds. The Morgan fingerprint density at radius 1 is 0.581 bits per heavy atom. The van der Waals surface area contributed by atoms with E-state index in [2.05, 4.69) is 71.8 Å². The second-order valence-corrected chi connectivity index (χ2v) is 11.1. The Labute approximate surface area is 249 Å². The highest BCUT2D eigenvalue weighted by Gasteiger charge is 2.35. The van der Waals surface area contributed by atoms with E-state index in [1.807, 2.05) is 46.4 Å². The van der Waals surface area contributed by atoms with Crippen molar-refractivity contribution < 1.29 is 14.1 Å². The minimum Gasteiger partial charge on any atom is -0.456 e. The van der Waals surface area contributed by atoms with E-state index in [0.717, 1.165) is 71.8 Å². The molecule has 2 aliphatic rings. The van der Waals surface area contributed by atoms with Crippen LogP contribution in [0.4, 0.5) is 0 Å². The molecular formula is C34H34N6O3. The summed E-state index contributed by atoms with van der Waals surface area (Å²) in [6, 6.07) is 32.3. The number of hydrogen-bond acceptors (Lipinski definition) is 9. The number of fused-ring (bicyclic) bond motifs is 3. The Morgan fingerprint density at radius 3 is 1.47 bits per heavy atom. The molecule has 1 aromatic heterocycles. The van der Waals surface area contributed by atoms with Crippen molar-refractivity contribution in [2.45, 2.75) is 37.8 Å². The van der Waals surface area contributed by atoms with Crippen molar-refractivity contribution in [2.75, 3.05) is 13.1 Å². The van der Waals surface area contributed by atoms with Crippen LogP contribution in [0, 0.1) is 10.8 Å². The maximum atomic E-state index is 8.51. The third kappa shape index (κ3) is 5.63. The van der Waals surface area contributed by atoms with Crippen molar-refractivity contribution in [1.82, 2.24) is 21.2 Å². The van der Waals surface area contributed by atoms with Crippen molar-refractivity contribution in [3.05, 3.63) is 119 Å². The molecule has 0 aliphatic carbocycles. The van der Waals surface area contributed by atoms with Gasteiger partial charge >= 0.3 is 0 Å². The van der Waals surface area contributed by atoms with E-state index in [1.54, 1.807) is 0 Å². The van der Waals surface area contributed by atoms with Gasteiger partial charge in [-0.05, 0) is 72.2 Å². The molecule has 5 aromatic rings. The first-order chi connectivity index (χ1) is 21.1. The van der Waals surface area contributed by atoms with Crippen LogP contribution in [0.25, 0.3) is 21.9 Å². The number of hydrogen-bond donors (Lipinski definition) is 4. The lowest BCUT2D eigenvalue weighted by molar-refractivity contribution is 0.0385. The highest BCUT2D eigenvalue weighted by Crippen LogP contribution is 2.36. The number of nitrogens with one attached hydrogen (secondary N) is 4. The van der Waals surface area contributed by atoms with Gasteiger partial charge in [-0.1, -0.05) is 84.0 Å². The summed E-state index contributed by atoms with van der Waals surface area (Å²) in [5, 5.41) is 22.9. The number of furan rings is 1. The summed E-state index contributed by atoms with van der Waals surface area (Å²) in [4.78, 5) is 10.9. The predicted octanol–water partition coefficient (Wildman–Crippen LogP) is 6.39. The first-order valence-corrected chi connectivity index (χ1v) is 14.7. The molecule has 2 fully saturated rings. The molecule has 2 saturated heterocycles. The maximum absolute atomic E-state index is 8.51. The van der Waals surface area contributed by atoms with Crippen LogP contribution < -0.4 is 11.2 Å². The Balaban J connectivity index is 1.11. The van der Waals surface area contributed by atoms with E-state index in [4.69, 9.17) is 24.9 Å². The molecule has 9 nitrogen and oxygen atoms in total. The zero-order valence-electron chi connectivity index (χ0n) is 23.8. The highest BCUT2D eigenvalue weighted by molar-refractivity contribution is 6.06. The summed E-state index contributed by atoms with van der Waals surface area (Å²) >= 11 is 0. The Hall–Kier alpha value is -4.54. The fraction of sp³-hybridized carbons (Fsp3) is 0.235. The lowest BCUT2D eigenvalue weighted by Gasteiger charge is -2.20. The van der Waals surface area contributed by atoms with Crippen molar-refractivity contribution >= 4 is 33.7 Å². The second-order valence-electron chi connectivity index (χ2n) is 11.1. The van der Waals surface area contributed by atoms with Crippen molar-refractivity contribution in [3.63, 3.8) is 0 Å². The smallest absolute Gasteiger partial charge is 0.231 e. The summed E-state index contributed by atoms with van der Waals surface area (Å²) in [5.74, 6) is 0.336. The van der Waals surface area contributed by atoms with Crippen LogP contribution in [0.2, 0.25) is 0 Å². The highest BCUT2D eigenvalue weighted by atomic mass is 16.7. The molecule has 43 heavy (non-hydrogen) atoms. The van der Waals surface area contributed by atoms with E-state index in [1.165, 1.54) is 11.1 Å². The minimum absolute atomic E-state index is 0.168. The summed E-state index contributed by atoms with van der Waals surface area (Å²) in [5.41, 5.74) is 11.9. The quantitative estimate of drug-likeness (QED) is 0.153. The van der Waals surface area contributed by atoms with Gasteiger partial charge in [0, 0.05) is 23.9 Å². The number of nitrogens with zero attached hydrogens (tertiary/aromatic N) is 2. The first-order valence-electron chi connectivity index (χ1n) is 14.7. The van der Waals surface area contributed by atoms with Gasteiger partial charge < -0.3 is 14.1 Å². The number of aryl methyl sites for hydroxylation is 2. The average molecular weight is 575 g/mol. The molecule has 2 aliphatic heterocycles. The van der Waals surface area contributed by atoms with E-state index < -0.39 is 0 Å². The lowest BCUT2D eigenvalue weighted by atomic mass is 10.00.